The van der Waals surface area contributed by atoms with Crippen molar-refractivity contribution in [2.75, 3.05) is 4.72 Å². The molecule has 148 valence electrons. The summed E-state index contributed by atoms with van der Waals surface area (Å²) >= 11 is 0. The maximum absolute atomic E-state index is 13.0. The molecule has 8 heteroatoms. The topological polar surface area (TPSA) is 98.2 Å². The van der Waals surface area contributed by atoms with E-state index in [0.717, 1.165) is 16.8 Å². The molecule has 4 rings (SSSR count). The first-order valence-electron chi connectivity index (χ1n) is 8.93. The molecule has 2 aromatic heterocycles. The smallest absolute Gasteiger partial charge is 0.262 e. The molecule has 0 aliphatic carbocycles. The summed E-state index contributed by atoms with van der Waals surface area (Å²) in [4.78, 5) is 0.183. The molecule has 7 nitrogen and oxygen atoms in total. The predicted molar refractivity (Wildman–Crippen MR) is 109 cm³/mol. The molecule has 0 unspecified atom stereocenters. The van der Waals surface area contributed by atoms with Crippen LogP contribution in [0.4, 0.5) is 5.69 Å². The van der Waals surface area contributed by atoms with Crippen LogP contribution in [0, 0.1) is 20.8 Å². The second-order valence-corrected chi connectivity index (χ2v) is 8.41. The van der Waals surface area contributed by atoms with Crippen LogP contribution >= 0.6 is 0 Å². The second kappa shape index (κ2) is 7.21. The van der Waals surface area contributed by atoms with Gasteiger partial charge in [0.25, 0.3) is 10.0 Å². The molecule has 0 atom stereocenters. The molecule has 0 amide bonds. The SMILES string of the molecule is Cc1ccc(-c2onc(C)c2C)cc1S(=O)(=O)Nc1ccc(-c2ccno2)cc1. The Kier molecular flexibility index (Phi) is 4.71. The third-order valence-electron chi connectivity index (χ3n) is 4.76. The zero-order chi connectivity index (χ0) is 20.6. The average molecular weight is 409 g/mol. The Labute approximate surface area is 168 Å². The summed E-state index contributed by atoms with van der Waals surface area (Å²) in [6, 6.07) is 13.8. The highest BCUT2D eigenvalue weighted by molar-refractivity contribution is 7.92. The Morgan fingerprint density at radius 1 is 0.897 bits per heavy atom. The lowest BCUT2D eigenvalue weighted by molar-refractivity contribution is 0.426. The number of aryl methyl sites for hydroxylation is 2. The molecule has 0 aliphatic rings. The summed E-state index contributed by atoms with van der Waals surface area (Å²) in [5.41, 5.74) is 4.20. The van der Waals surface area contributed by atoms with E-state index in [2.05, 4.69) is 15.0 Å². The first-order chi connectivity index (χ1) is 13.8. The number of sulfonamides is 1. The number of hydrogen-bond acceptors (Lipinski definition) is 6. The van der Waals surface area contributed by atoms with E-state index in [-0.39, 0.29) is 4.90 Å². The molecule has 4 aromatic rings. The van der Waals surface area contributed by atoms with E-state index in [1.807, 2.05) is 19.9 Å². The Balaban J connectivity index is 1.65. The van der Waals surface area contributed by atoms with E-state index in [4.69, 9.17) is 9.05 Å². The van der Waals surface area contributed by atoms with Crippen molar-refractivity contribution in [3.8, 4) is 22.6 Å². The van der Waals surface area contributed by atoms with Gasteiger partial charge in [-0.2, -0.15) is 0 Å². The quantitative estimate of drug-likeness (QED) is 0.512. The van der Waals surface area contributed by atoms with E-state index in [0.29, 0.717) is 28.3 Å². The second-order valence-electron chi connectivity index (χ2n) is 6.76. The van der Waals surface area contributed by atoms with Crippen LogP contribution in [0.1, 0.15) is 16.8 Å². The largest absolute Gasteiger partial charge is 0.356 e. The maximum Gasteiger partial charge on any atom is 0.262 e. The van der Waals surface area contributed by atoms with Gasteiger partial charge < -0.3 is 9.05 Å². The molecule has 0 saturated heterocycles. The number of nitrogens with one attached hydrogen (secondary N) is 1. The highest BCUT2D eigenvalue weighted by atomic mass is 32.2. The van der Waals surface area contributed by atoms with E-state index in [1.54, 1.807) is 55.6 Å². The van der Waals surface area contributed by atoms with Crippen molar-refractivity contribution < 1.29 is 17.5 Å². The van der Waals surface area contributed by atoms with Gasteiger partial charge in [-0.05, 0) is 56.7 Å². The third kappa shape index (κ3) is 3.66. The van der Waals surface area contributed by atoms with Crippen LogP contribution in [-0.4, -0.2) is 18.7 Å². The average Bonchev–Trinajstić information content (AvgIpc) is 3.34. The van der Waals surface area contributed by atoms with Crippen molar-refractivity contribution in [2.24, 2.45) is 0 Å². The first-order valence-corrected chi connectivity index (χ1v) is 10.4. The molecular weight excluding hydrogens is 390 g/mol. The third-order valence-corrected chi connectivity index (χ3v) is 6.28. The van der Waals surface area contributed by atoms with Crippen LogP contribution in [0.5, 0.6) is 0 Å². The van der Waals surface area contributed by atoms with Crippen molar-refractivity contribution in [1.29, 1.82) is 0 Å². The van der Waals surface area contributed by atoms with Crippen molar-refractivity contribution in [1.82, 2.24) is 10.3 Å². The molecule has 0 bridgehead atoms. The Morgan fingerprint density at radius 2 is 1.62 bits per heavy atom. The van der Waals surface area contributed by atoms with E-state index in [1.165, 1.54) is 0 Å². The highest BCUT2D eigenvalue weighted by Gasteiger charge is 2.20. The van der Waals surface area contributed by atoms with Crippen LogP contribution in [0.15, 0.2) is 68.7 Å². The lowest BCUT2D eigenvalue weighted by Gasteiger charge is -2.12. The van der Waals surface area contributed by atoms with Gasteiger partial charge in [0.2, 0.25) is 0 Å². The van der Waals surface area contributed by atoms with Crippen LogP contribution in [0.2, 0.25) is 0 Å². The van der Waals surface area contributed by atoms with Gasteiger partial charge in [-0.25, -0.2) is 8.42 Å². The van der Waals surface area contributed by atoms with Crippen molar-refractivity contribution >= 4 is 15.7 Å². The lowest BCUT2D eigenvalue weighted by atomic mass is 10.1. The van der Waals surface area contributed by atoms with Crippen molar-refractivity contribution in [3.05, 3.63) is 71.5 Å². The molecule has 0 saturated carbocycles. The Morgan fingerprint density at radius 3 is 2.24 bits per heavy atom. The summed E-state index contributed by atoms with van der Waals surface area (Å²) in [5, 5.41) is 7.62. The highest BCUT2D eigenvalue weighted by Crippen LogP contribution is 2.30. The molecule has 0 spiro atoms. The van der Waals surface area contributed by atoms with E-state index >= 15 is 0 Å². The molecule has 2 heterocycles. The van der Waals surface area contributed by atoms with Gasteiger partial charge in [0.1, 0.15) is 0 Å². The Bertz CT molecular complexity index is 1260. The molecule has 0 fully saturated rings. The Hall–Kier alpha value is -3.39. The van der Waals surface area contributed by atoms with E-state index in [9.17, 15) is 8.42 Å². The predicted octanol–water partition coefficient (Wildman–Crippen LogP) is 4.72. The van der Waals surface area contributed by atoms with Gasteiger partial charge in [-0.15, -0.1) is 0 Å². The van der Waals surface area contributed by atoms with Gasteiger partial charge in [-0.1, -0.05) is 22.4 Å². The summed E-state index contributed by atoms with van der Waals surface area (Å²) in [6.07, 6.45) is 1.56. The number of anilines is 1. The van der Waals surface area contributed by atoms with Gasteiger partial charge >= 0.3 is 0 Å². The van der Waals surface area contributed by atoms with Crippen molar-refractivity contribution in [2.45, 2.75) is 25.7 Å². The molecule has 0 radical (unpaired) electrons. The van der Waals surface area contributed by atoms with Crippen molar-refractivity contribution in [3.63, 3.8) is 0 Å². The fourth-order valence-corrected chi connectivity index (χ4v) is 4.32. The summed E-state index contributed by atoms with van der Waals surface area (Å²) in [7, 11) is -3.80. The van der Waals surface area contributed by atoms with E-state index < -0.39 is 10.0 Å². The van der Waals surface area contributed by atoms with Crippen LogP contribution in [0.3, 0.4) is 0 Å². The normalized spacial score (nSPS) is 11.6. The molecular formula is C21H19N3O4S. The lowest BCUT2D eigenvalue weighted by Crippen LogP contribution is -2.14. The number of rotatable bonds is 5. The monoisotopic (exact) mass is 409 g/mol. The van der Waals surface area contributed by atoms with Gasteiger partial charge in [0, 0.05) is 28.4 Å². The minimum absolute atomic E-state index is 0.183. The van der Waals surface area contributed by atoms with Crippen LogP contribution in [-0.2, 0) is 10.0 Å². The van der Waals surface area contributed by atoms with Gasteiger partial charge in [0.05, 0.1) is 16.8 Å². The fourth-order valence-electron chi connectivity index (χ4n) is 2.99. The summed E-state index contributed by atoms with van der Waals surface area (Å²) in [6.45, 7) is 5.49. The standard InChI is InChI=1S/C21H19N3O4S/c1-13-4-5-17(21-14(2)15(3)23-28-21)12-20(13)29(25,26)24-18-8-6-16(7-9-18)19-10-11-22-27-19/h4-12,24H,1-3H3. The van der Waals surface area contributed by atoms with Crippen LogP contribution in [0.25, 0.3) is 22.6 Å². The number of aromatic nitrogens is 2. The molecule has 29 heavy (non-hydrogen) atoms. The van der Waals surface area contributed by atoms with Crippen LogP contribution < -0.4 is 4.72 Å². The minimum Gasteiger partial charge on any atom is -0.356 e. The first kappa shape index (κ1) is 18.9. The summed E-state index contributed by atoms with van der Waals surface area (Å²) in [5.74, 6) is 1.18. The molecule has 1 N–H and O–H groups in total. The zero-order valence-electron chi connectivity index (χ0n) is 16.1. The zero-order valence-corrected chi connectivity index (χ0v) is 16.9. The molecule has 2 aromatic carbocycles. The van der Waals surface area contributed by atoms with Gasteiger partial charge in [0.15, 0.2) is 11.5 Å². The van der Waals surface area contributed by atoms with Gasteiger partial charge in [-0.3, -0.25) is 4.72 Å². The number of hydrogen-bond donors (Lipinski definition) is 1. The molecule has 0 aliphatic heterocycles. The summed E-state index contributed by atoms with van der Waals surface area (Å²) < 4.78 is 39.2. The number of benzene rings is 2. The fraction of sp³-hybridized carbons (Fsp3) is 0.143. The number of nitrogens with zero attached hydrogens (tertiary/aromatic N) is 2. The maximum atomic E-state index is 13.0. The minimum atomic E-state index is -3.80.